The van der Waals surface area contributed by atoms with Crippen molar-refractivity contribution in [3.63, 3.8) is 0 Å². The number of nitrogens with zero attached hydrogens (tertiary/aromatic N) is 2. The lowest BCUT2D eigenvalue weighted by atomic mass is 10.7. The van der Waals surface area contributed by atoms with Crippen molar-refractivity contribution in [3.05, 3.63) is 5.89 Å². The summed E-state index contributed by atoms with van der Waals surface area (Å²) in [6.07, 6.45) is 0. The van der Waals surface area contributed by atoms with Gasteiger partial charge >= 0.3 is 0 Å². The largest absolute Gasteiger partial charge is 0.414 e. The predicted molar refractivity (Wildman–Crippen MR) is 27.5 cm³/mol. The third-order valence-corrected chi connectivity index (χ3v) is 0.772. The zero-order valence-corrected chi connectivity index (χ0v) is 4.80. The summed E-state index contributed by atoms with van der Waals surface area (Å²) in [6, 6.07) is 0. The second-order valence-electron chi connectivity index (χ2n) is 1.14. The summed E-state index contributed by atoms with van der Waals surface area (Å²) in [5.74, 6) is 0.190. The molecule has 44 valence electrons. The van der Waals surface area contributed by atoms with Gasteiger partial charge in [-0.15, -0.1) is 10.2 Å². The molecule has 0 saturated carbocycles. The standard InChI is InChI=1S/C3H4N2O2S/c6-1-2-4-5-3(8)7-2/h6H,1H2,(H,5,8). The van der Waals surface area contributed by atoms with Crippen LogP contribution < -0.4 is 0 Å². The molecular formula is C3H4N2O2S. The van der Waals surface area contributed by atoms with Crippen molar-refractivity contribution in [3.8, 4) is 0 Å². The summed E-state index contributed by atoms with van der Waals surface area (Å²) < 4.78 is 4.62. The van der Waals surface area contributed by atoms with Gasteiger partial charge < -0.3 is 9.52 Å². The minimum Gasteiger partial charge on any atom is -0.414 e. The maximum atomic E-state index is 8.32. The summed E-state index contributed by atoms with van der Waals surface area (Å²) in [7, 11) is 0. The zero-order valence-electron chi connectivity index (χ0n) is 3.90. The Hall–Kier alpha value is -0.550. The minimum absolute atomic E-state index is 0.175. The molecule has 0 aliphatic rings. The zero-order chi connectivity index (χ0) is 5.98. The van der Waals surface area contributed by atoms with Crippen LogP contribution in [0.5, 0.6) is 0 Å². The highest BCUT2D eigenvalue weighted by Crippen LogP contribution is 2.01. The fourth-order valence-electron chi connectivity index (χ4n) is 0.309. The molecule has 0 aromatic carbocycles. The Morgan fingerprint density at radius 1 is 1.62 bits per heavy atom. The minimum atomic E-state index is -0.229. The van der Waals surface area contributed by atoms with E-state index in [-0.39, 0.29) is 17.7 Å². The van der Waals surface area contributed by atoms with Crippen molar-refractivity contribution in [2.75, 3.05) is 0 Å². The smallest absolute Gasteiger partial charge is 0.273 e. The second-order valence-corrected chi connectivity index (χ2v) is 1.52. The van der Waals surface area contributed by atoms with E-state index in [2.05, 4.69) is 27.2 Å². The van der Waals surface area contributed by atoms with Crippen LogP contribution in [0, 0.1) is 0 Å². The molecule has 8 heavy (non-hydrogen) atoms. The van der Waals surface area contributed by atoms with Gasteiger partial charge in [0.1, 0.15) is 6.61 Å². The summed E-state index contributed by atoms with van der Waals surface area (Å²) in [4.78, 5) is 0. The summed E-state index contributed by atoms with van der Waals surface area (Å²) in [6.45, 7) is -0.229. The first-order valence-electron chi connectivity index (χ1n) is 1.95. The number of rotatable bonds is 1. The molecule has 0 aliphatic heterocycles. The number of aromatic nitrogens is 2. The maximum absolute atomic E-state index is 8.32. The fourth-order valence-corrected chi connectivity index (χ4v) is 0.459. The number of hydrogen-bond donors (Lipinski definition) is 2. The van der Waals surface area contributed by atoms with Gasteiger partial charge in [0.25, 0.3) is 5.22 Å². The molecule has 1 rings (SSSR count). The lowest BCUT2D eigenvalue weighted by molar-refractivity contribution is 0.231. The summed E-state index contributed by atoms with van der Waals surface area (Å²) >= 11 is 3.71. The van der Waals surface area contributed by atoms with Crippen LogP contribution in [0.15, 0.2) is 9.64 Å². The molecule has 0 unspecified atom stereocenters. The Kier molecular flexibility index (Phi) is 1.50. The van der Waals surface area contributed by atoms with Gasteiger partial charge in [0, 0.05) is 0 Å². The van der Waals surface area contributed by atoms with Crippen LogP contribution in [-0.4, -0.2) is 15.3 Å². The Morgan fingerprint density at radius 3 is 2.62 bits per heavy atom. The molecule has 5 heteroatoms. The van der Waals surface area contributed by atoms with E-state index in [0.29, 0.717) is 0 Å². The van der Waals surface area contributed by atoms with Crippen molar-refractivity contribution in [1.29, 1.82) is 0 Å². The first-order chi connectivity index (χ1) is 3.83. The highest BCUT2D eigenvalue weighted by atomic mass is 32.1. The van der Waals surface area contributed by atoms with E-state index >= 15 is 0 Å². The number of hydrogen-bond acceptors (Lipinski definition) is 5. The monoisotopic (exact) mass is 132 g/mol. The van der Waals surface area contributed by atoms with Crippen molar-refractivity contribution in [2.24, 2.45) is 0 Å². The summed E-state index contributed by atoms with van der Waals surface area (Å²) in [5, 5.41) is 15.3. The lowest BCUT2D eigenvalue weighted by Gasteiger charge is -1.77. The second kappa shape index (κ2) is 2.15. The van der Waals surface area contributed by atoms with Crippen LogP contribution in [0.2, 0.25) is 0 Å². The van der Waals surface area contributed by atoms with Gasteiger partial charge in [0.2, 0.25) is 5.89 Å². The Morgan fingerprint density at radius 2 is 2.38 bits per heavy atom. The Bertz CT molecular complexity index is 176. The first-order valence-corrected chi connectivity index (χ1v) is 2.40. The molecule has 0 radical (unpaired) electrons. The van der Waals surface area contributed by atoms with Gasteiger partial charge in [-0.25, -0.2) is 0 Å². The third kappa shape index (κ3) is 0.988. The molecule has 0 amide bonds. The van der Waals surface area contributed by atoms with E-state index in [1.165, 1.54) is 0 Å². The van der Waals surface area contributed by atoms with E-state index < -0.39 is 0 Å². The Balaban J connectivity index is 2.84. The molecular weight excluding hydrogens is 128 g/mol. The van der Waals surface area contributed by atoms with Gasteiger partial charge in [-0.05, 0) is 0 Å². The topological polar surface area (TPSA) is 59.2 Å². The molecule has 0 bridgehead atoms. The van der Waals surface area contributed by atoms with Crippen molar-refractivity contribution >= 4 is 12.6 Å². The molecule has 0 spiro atoms. The van der Waals surface area contributed by atoms with Crippen LogP contribution in [0.1, 0.15) is 5.89 Å². The van der Waals surface area contributed by atoms with Gasteiger partial charge in [-0.3, -0.25) is 0 Å². The van der Waals surface area contributed by atoms with Crippen LogP contribution in [-0.2, 0) is 6.61 Å². The molecule has 0 saturated heterocycles. The van der Waals surface area contributed by atoms with E-state index in [0.717, 1.165) is 0 Å². The molecule has 0 aliphatic carbocycles. The predicted octanol–water partition coefficient (Wildman–Crippen LogP) is -0.149. The molecule has 1 N–H and O–H groups in total. The fraction of sp³-hybridized carbons (Fsp3) is 0.333. The van der Waals surface area contributed by atoms with Gasteiger partial charge in [-0.1, -0.05) is 12.6 Å². The molecule has 0 atom stereocenters. The summed E-state index contributed by atoms with van der Waals surface area (Å²) in [5.41, 5.74) is 0. The molecule has 1 heterocycles. The van der Waals surface area contributed by atoms with Crippen molar-refractivity contribution < 1.29 is 9.52 Å². The van der Waals surface area contributed by atoms with Crippen molar-refractivity contribution in [2.45, 2.75) is 11.8 Å². The van der Waals surface area contributed by atoms with Crippen LogP contribution in [0.4, 0.5) is 0 Å². The molecule has 4 nitrogen and oxygen atoms in total. The SMILES string of the molecule is OCc1nnc(S)o1. The van der Waals surface area contributed by atoms with Gasteiger partial charge in [0.15, 0.2) is 0 Å². The number of aliphatic hydroxyl groups is 1. The highest BCUT2D eigenvalue weighted by molar-refractivity contribution is 7.80. The van der Waals surface area contributed by atoms with Crippen LogP contribution in [0.25, 0.3) is 0 Å². The van der Waals surface area contributed by atoms with E-state index in [4.69, 9.17) is 5.11 Å². The van der Waals surface area contributed by atoms with Crippen molar-refractivity contribution in [1.82, 2.24) is 10.2 Å². The van der Waals surface area contributed by atoms with Gasteiger partial charge in [0.05, 0.1) is 0 Å². The van der Waals surface area contributed by atoms with Crippen LogP contribution in [0.3, 0.4) is 0 Å². The normalized spacial score (nSPS) is 9.75. The quantitative estimate of drug-likeness (QED) is 0.522. The van der Waals surface area contributed by atoms with E-state index in [1.54, 1.807) is 0 Å². The third-order valence-electron chi connectivity index (χ3n) is 0.591. The lowest BCUT2D eigenvalue weighted by Crippen LogP contribution is -1.79. The number of thiol groups is 1. The average Bonchev–Trinajstić information content (AvgIpc) is 2.14. The molecule has 1 aromatic heterocycles. The van der Waals surface area contributed by atoms with E-state index in [1.807, 2.05) is 0 Å². The number of aliphatic hydroxyl groups excluding tert-OH is 1. The van der Waals surface area contributed by atoms with Crippen LogP contribution >= 0.6 is 12.6 Å². The van der Waals surface area contributed by atoms with Gasteiger partial charge in [-0.2, -0.15) is 0 Å². The average molecular weight is 132 g/mol. The Labute approximate surface area is 50.9 Å². The van der Waals surface area contributed by atoms with E-state index in [9.17, 15) is 0 Å². The highest BCUT2D eigenvalue weighted by Gasteiger charge is 1.96. The maximum Gasteiger partial charge on any atom is 0.273 e. The molecule has 0 fully saturated rings. The molecule has 1 aromatic rings. The first kappa shape index (κ1) is 5.58.